The van der Waals surface area contributed by atoms with E-state index in [1.807, 2.05) is 25.8 Å². The summed E-state index contributed by atoms with van der Waals surface area (Å²) < 4.78 is 0. The monoisotopic (exact) mass is 252 g/mol. The van der Waals surface area contributed by atoms with Crippen LogP contribution < -0.4 is 21.5 Å². The molecule has 0 bridgehead atoms. The van der Waals surface area contributed by atoms with Gasteiger partial charge in [0.15, 0.2) is 0 Å². The second-order valence-electron chi connectivity index (χ2n) is 4.24. The van der Waals surface area contributed by atoms with E-state index in [1.165, 1.54) is 0 Å². The van der Waals surface area contributed by atoms with Gasteiger partial charge in [0, 0.05) is 32.4 Å². The summed E-state index contributed by atoms with van der Waals surface area (Å²) in [5.74, 6) is 6.28. The van der Waals surface area contributed by atoms with Crippen molar-refractivity contribution in [3.8, 4) is 0 Å². The maximum atomic E-state index is 11.5. The van der Waals surface area contributed by atoms with E-state index in [1.54, 1.807) is 13.2 Å². The van der Waals surface area contributed by atoms with Crippen LogP contribution >= 0.6 is 0 Å². The maximum Gasteiger partial charge on any atom is 0.239 e. The van der Waals surface area contributed by atoms with Crippen molar-refractivity contribution in [3.63, 3.8) is 0 Å². The van der Waals surface area contributed by atoms with Crippen LogP contribution in [0.15, 0.2) is 6.20 Å². The summed E-state index contributed by atoms with van der Waals surface area (Å²) in [5, 5.41) is 2.63. The molecule has 4 N–H and O–H groups in total. The van der Waals surface area contributed by atoms with E-state index in [0.29, 0.717) is 12.5 Å². The number of carbonyl (C=O) groups excluding carboxylic acids is 1. The van der Waals surface area contributed by atoms with Crippen LogP contribution in [-0.2, 0) is 4.79 Å². The number of carbonyl (C=O) groups is 1. The van der Waals surface area contributed by atoms with E-state index >= 15 is 0 Å². The largest absolute Gasteiger partial charge is 0.359 e. The predicted octanol–water partition coefficient (Wildman–Crippen LogP) is -0.111. The molecule has 1 unspecified atom stereocenters. The van der Waals surface area contributed by atoms with Crippen LogP contribution in [0, 0.1) is 12.8 Å². The second-order valence-corrected chi connectivity index (χ2v) is 4.24. The van der Waals surface area contributed by atoms with Gasteiger partial charge in [0.05, 0.1) is 5.92 Å². The number of amides is 1. The van der Waals surface area contributed by atoms with Gasteiger partial charge in [-0.1, -0.05) is 6.92 Å². The fourth-order valence-corrected chi connectivity index (χ4v) is 1.72. The molecule has 0 saturated heterocycles. The molecular weight excluding hydrogens is 232 g/mol. The summed E-state index contributed by atoms with van der Waals surface area (Å²) >= 11 is 0. The van der Waals surface area contributed by atoms with E-state index in [9.17, 15) is 4.79 Å². The van der Waals surface area contributed by atoms with Crippen LogP contribution in [0.2, 0.25) is 0 Å². The molecule has 0 radical (unpaired) electrons. The van der Waals surface area contributed by atoms with Crippen molar-refractivity contribution in [2.24, 2.45) is 11.8 Å². The third-order valence-electron chi connectivity index (χ3n) is 2.68. The number of hydrogen-bond donors (Lipinski definition) is 3. The summed E-state index contributed by atoms with van der Waals surface area (Å²) in [6.45, 7) is 4.35. The number of anilines is 2. The molecule has 0 spiro atoms. The SMILES string of the molecule is CNC(=O)C(C)CN(C)c1nc(NN)ncc1C. The van der Waals surface area contributed by atoms with Crippen LogP contribution in [0.5, 0.6) is 0 Å². The van der Waals surface area contributed by atoms with E-state index in [0.717, 1.165) is 11.4 Å². The lowest BCUT2D eigenvalue weighted by molar-refractivity contribution is -0.123. The molecule has 0 aliphatic rings. The molecule has 0 aliphatic heterocycles. The van der Waals surface area contributed by atoms with Crippen LogP contribution in [0.25, 0.3) is 0 Å². The first-order valence-electron chi connectivity index (χ1n) is 5.72. The van der Waals surface area contributed by atoms with Crippen molar-refractivity contribution in [3.05, 3.63) is 11.8 Å². The Morgan fingerprint density at radius 2 is 2.28 bits per heavy atom. The molecule has 0 fully saturated rings. The van der Waals surface area contributed by atoms with Gasteiger partial charge in [-0.2, -0.15) is 4.98 Å². The van der Waals surface area contributed by atoms with Gasteiger partial charge in [-0.15, -0.1) is 0 Å². The van der Waals surface area contributed by atoms with Crippen LogP contribution in [0.3, 0.4) is 0 Å². The standard InChI is InChI=1S/C11H20N6O/c1-7-5-14-11(16-12)15-9(7)17(4)6-8(2)10(18)13-3/h5,8H,6,12H2,1-4H3,(H,13,18)(H,14,15,16). The number of aryl methyl sites for hydroxylation is 1. The van der Waals surface area contributed by atoms with Gasteiger partial charge in [-0.25, -0.2) is 10.8 Å². The Bertz CT molecular complexity index is 422. The number of rotatable bonds is 5. The molecule has 18 heavy (non-hydrogen) atoms. The molecule has 1 heterocycles. The number of aromatic nitrogens is 2. The highest BCUT2D eigenvalue weighted by molar-refractivity contribution is 5.78. The number of hydrogen-bond acceptors (Lipinski definition) is 6. The zero-order valence-corrected chi connectivity index (χ0v) is 11.2. The van der Waals surface area contributed by atoms with Gasteiger partial charge in [0.2, 0.25) is 11.9 Å². The number of nitrogens with one attached hydrogen (secondary N) is 2. The molecule has 100 valence electrons. The van der Waals surface area contributed by atoms with Crippen molar-refractivity contribution >= 4 is 17.7 Å². The molecule has 7 heteroatoms. The van der Waals surface area contributed by atoms with Gasteiger partial charge in [-0.3, -0.25) is 10.2 Å². The minimum atomic E-state index is -0.122. The van der Waals surface area contributed by atoms with Crippen molar-refractivity contribution in [1.29, 1.82) is 0 Å². The summed E-state index contributed by atoms with van der Waals surface area (Å²) in [7, 11) is 3.51. The molecule has 0 saturated carbocycles. The quantitative estimate of drug-likeness (QED) is 0.500. The second kappa shape index (κ2) is 6.15. The Labute approximate surface area is 107 Å². The molecule has 1 aromatic rings. The lowest BCUT2D eigenvalue weighted by atomic mass is 10.1. The van der Waals surface area contributed by atoms with Crippen LogP contribution in [0.4, 0.5) is 11.8 Å². The van der Waals surface area contributed by atoms with Gasteiger partial charge >= 0.3 is 0 Å². The van der Waals surface area contributed by atoms with Gasteiger partial charge in [0.1, 0.15) is 5.82 Å². The van der Waals surface area contributed by atoms with Crippen molar-refractivity contribution in [2.75, 3.05) is 31.0 Å². The topological polar surface area (TPSA) is 96.2 Å². The Kier molecular flexibility index (Phi) is 4.85. The molecule has 0 aliphatic carbocycles. The Morgan fingerprint density at radius 3 is 2.83 bits per heavy atom. The van der Waals surface area contributed by atoms with Gasteiger partial charge in [0.25, 0.3) is 0 Å². The Balaban J connectivity index is 2.83. The van der Waals surface area contributed by atoms with Crippen LogP contribution in [-0.4, -0.2) is 36.5 Å². The minimum absolute atomic E-state index is 0.00531. The molecule has 1 amide bonds. The average Bonchev–Trinajstić information content (AvgIpc) is 2.38. The molecule has 7 nitrogen and oxygen atoms in total. The number of nitrogen functional groups attached to an aromatic ring is 1. The van der Waals surface area contributed by atoms with E-state index in [-0.39, 0.29) is 11.8 Å². The Hall–Kier alpha value is -1.89. The maximum absolute atomic E-state index is 11.5. The summed E-state index contributed by atoms with van der Waals surface area (Å²) in [4.78, 5) is 21.7. The predicted molar refractivity (Wildman–Crippen MR) is 71.1 cm³/mol. The highest BCUT2D eigenvalue weighted by Crippen LogP contribution is 2.17. The highest BCUT2D eigenvalue weighted by atomic mass is 16.1. The van der Waals surface area contributed by atoms with Crippen molar-refractivity contribution in [1.82, 2.24) is 15.3 Å². The summed E-state index contributed by atoms with van der Waals surface area (Å²) in [6, 6.07) is 0. The van der Waals surface area contributed by atoms with E-state index in [2.05, 4.69) is 20.7 Å². The van der Waals surface area contributed by atoms with Crippen molar-refractivity contribution in [2.45, 2.75) is 13.8 Å². The first kappa shape index (κ1) is 14.2. The first-order chi connectivity index (χ1) is 8.49. The number of nitrogens with zero attached hydrogens (tertiary/aromatic N) is 3. The molecular formula is C11H20N6O. The smallest absolute Gasteiger partial charge is 0.239 e. The third-order valence-corrected chi connectivity index (χ3v) is 2.68. The summed E-state index contributed by atoms with van der Waals surface area (Å²) in [6.07, 6.45) is 1.69. The first-order valence-corrected chi connectivity index (χ1v) is 5.72. The number of nitrogens with two attached hydrogens (primary N) is 1. The van der Waals surface area contributed by atoms with Gasteiger partial charge in [-0.05, 0) is 6.92 Å². The molecule has 1 atom stereocenters. The minimum Gasteiger partial charge on any atom is -0.359 e. The van der Waals surface area contributed by atoms with E-state index < -0.39 is 0 Å². The average molecular weight is 252 g/mol. The lowest BCUT2D eigenvalue weighted by Crippen LogP contribution is -2.35. The normalized spacial score (nSPS) is 11.8. The van der Waals surface area contributed by atoms with Crippen LogP contribution in [0.1, 0.15) is 12.5 Å². The summed E-state index contributed by atoms with van der Waals surface area (Å²) in [5.41, 5.74) is 3.34. The molecule has 0 aromatic carbocycles. The van der Waals surface area contributed by atoms with Crippen molar-refractivity contribution < 1.29 is 4.79 Å². The fourth-order valence-electron chi connectivity index (χ4n) is 1.72. The molecule has 1 rings (SSSR count). The third kappa shape index (κ3) is 3.30. The molecule has 1 aromatic heterocycles. The number of hydrazine groups is 1. The zero-order valence-electron chi connectivity index (χ0n) is 11.2. The highest BCUT2D eigenvalue weighted by Gasteiger charge is 2.16. The zero-order chi connectivity index (χ0) is 13.7. The van der Waals surface area contributed by atoms with E-state index in [4.69, 9.17) is 5.84 Å². The fraction of sp³-hybridized carbons (Fsp3) is 0.545. The Morgan fingerprint density at radius 1 is 1.61 bits per heavy atom. The lowest BCUT2D eigenvalue weighted by Gasteiger charge is -2.23. The van der Waals surface area contributed by atoms with Gasteiger partial charge < -0.3 is 10.2 Å².